The number of carbonyl (C=O) groups is 2. The monoisotopic (exact) mass is 242 g/mol. The van der Waals surface area contributed by atoms with E-state index in [1.807, 2.05) is 13.8 Å². The average Bonchev–Trinajstić information content (AvgIpc) is 2.62. The molecule has 0 aromatic carbocycles. The Balaban J connectivity index is 2.48. The smallest absolute Gasteiger partial charge is 0.311 e. The Kier molecular flexibility index (Phi) is 4.51. The van der Waals surface area contributed by atoms with Gasteiger partial charge in [-0.25, -0.2) is 0 Å². The van der Waals surface area contributed by atoms with Gasteiger partial charge in [-0.15, -0.1) is 0 Å². The molecule has 0 aliphatic carbocycles. The Morgan fingerprint density at radius 2 is 2.18 bits per heavy atom. The molecule has 1 saturated heterocycles. The van der Waals surface area contributed by atoms with Crippen LogP contribution in [-0.2, 0) is 9.59 Å². The zero-order valence-corrected chi connectivity index (χ0v) is 10.8. The van der Waals surface area contributed by atoms with Crippen LogP contribution in [-0.4, -0.2) is 47.6 Å². The van der Waals surface area contributed by atoms with Crippen LogP contribution >= 0.6 is 0 Å². The SMILES string of the molecule is CCNC(C)CC(=O)N1CCC(C)(C(=O)O)C1. The molecule has 17 heavy (non-hydrogen) atoms. The maximum Gasteiger partial charge on any atom is 0.311 e. The Morgan fingerprint density at radius 3 is 2.65 bits per heavy atom. The molecule has 1 heterocycles. The summed E-state index contributed by atoms with van der Waals surface area (Å²) in [6.07, 6.45) is 0.979. The van der Waals surface area contributed by atoms with Gasteiger partial charge in [-0.05, 0) is 26.8 Å². The lowest BCUT2D eigenvalue weighted by Gasteiger charge is -2.21. The molecule has 0 bridgehead atoms. The zero-order valence-electron chi connectivity index (χ0n) is 10.8. The largest absolute Gasteiger partial charge is 0.481 e. The van der Waals surface area contributed by atoms with Crippen LogP contribution in [0.3, 0.4) is 0 Å². The molecule has 5 nitrogen and oxygen atoms in total. The standard InChI is InChI=1S/C12H22N2O3/c1-4-13-9(2)7-10(15)14-6-5-12(3,8-14)11(16)17/h9,13H,4-8H2,1-3H3,(H,16,17). The van der Waals surface area contributed by atoms with E-state index in [2.05, 4.69) is 5.32 Å². The van der Waals surface area contributed by atoms with Crippen molar-refractivity contribution in [1.82, 2.24) is 10.2 Å². The first kappa shape index (κ1) is 14.0. The molecule has 0 aromatic rings. The molecule has 5 heteroatoms. The molecule has 1 rings (SSSR count). The normalized spacial score (nSPS) is 25.9. The third-order valence-electron chi connectivity index (χ3n) is 3.38. The second-order valence-electron chi connectivity index (χ2n) is 5.09. The maximum atomic E-state index is 11.9. The fourth-order valence-electron chi connectivity index (χ4n) is 2.16. The summed E-state index contributed by atoms with van der Waals surface area (Å²) in [5.41, 5.74) is -0.767. The lowest BCUT2D eigenvalue weighted by atomic mass is 9.90. The molecule has 0 saturated carbocycles. The minimum atomic E-state index is -0.812. The molecular formula is C12H22N2O3. The van der Waals surface area contributed by atoms with Crippen LogP contribution in [0.4, 0.5) is 0 Å². The highest BCUT2D eigenvalue weighted by Gasteiger charge is 2.42. The Labute approximate surface area is 102 Å². The van der Waals surface area contributed by atoms with Crippen molar-refractivity contribution >= 4 is 11.9 Å². The first-order chi connectivity index (χ1) is 7.89. The molecular weight excluding hydrogens is 220 g/mol. The van der Waals surface area contributed by atoms with E-state index in [0.717, 1.165) is 6.54 Å². The number of nitrogens with zero attached hydrogens (tertiary/aromatic N) is 1. The van der Waals surface area contributed by atoms with Crippen LogP contribution in [0.5, 0.6) is 0 Å². The number of hydrogen-bond donors (Lipinski definition) is 2. The summed E-state index contributed by atoms with van der Waals surface area (Å²) in [5, 5.41) is 12.3. The third kappa shape index (κ3) is 3.43. The fraction of sp³-hybridized carbons (Fsp3) is 0.833. The molecule has 0 spiro atoms. The number of aliphatic carboxylic acids is 1. The predicted octanol–water partition coefficient (Wildman–Crippen LogP) is 0.698. The van der Waals surface area contributed by atoms with Crippen molar-refractivity contribution in [2.24, 2.45) is 5.41 Å². The van der Waals surface area contributed by atoms with E-state index in [1.165, 1.54) is 0 Å². The Hall–Kier alpha value is -1.10. The van der Waals surface area contributed by atoms with Crippen LogP contribution in [0.2, 0.25) is 0 Å². The Bertz CT molecular complexity index is 306. The van der Waals surface area contributed by atoms with Gasteiger partial charge in [-0.3, -0.25) is 9.59 Å². The van der Waals surface area contributed by atoms with E-state index in [1.54, 1.807) is 11.8 Å². The van der Waals surface area contributed by atoms with Crippen LogP contribution in [0, 0.1) is 5.41 Å². The van der Waals surface area contributed by atoms with E-state index >= 15 is 0 Å². The van der Waals surface area contributed by atoms with Gasteiger partial charge in [0.1, 0.15) is 0 Å². The van der Waals surface area contributed by atoms with Crippen molar-refractivity contribution in [3.63, 3.8) is 0 Å². The van der Waals surface area contributed by atoms with Gasteiger partial charge in [-0.2, -0.15) is 0 Å². The quantitative estimate of drug-likeness (QED) is 0.744. The van der Waals surface area contributed by atoms with Crippen molar-refractivity contribution in [3.8, 4) is 0 Å². The lowest BCUT2D eigenvalue weighted by molar-refractivity contribution is -0.147. The summed E-state index contributed by atoms with van der Waals surface area (Å²) in [4.78, 5) is 24.7. The summed E-state index contributed by atoms with van der Waals surface area (Å²) in [7, 11) is 0. The van der Waals surface area contributed by atoms with E-state index in [4.69, 9.17) is 5.11 Å². The lowest BCUT2D eigenvalue weighted by Crippen LogP contribution is -2.38. The highest BCUT2D eigenvalue weighted by atomic mass is 16.4. The molecule has 0 aromatic heterocycles. The minimum Gasteiger partial charge on any atom is -0.481 e. The first-order valence-corrected chi connectivity index (χ1v) is 6.13. The van der Waals surface area contributed by atoms with E-state index in [-0.39, 0.29) is 11.9 Å². The molecule has 2 N–H and O–H groups in total. The molecule has 0 radical (unpaired) electrons. The van der Waals surface area contributed by atoms with E-state index in [0.29, 0.717) is 25.9 Å². The number of carbonyl (C=O) groups excluding carboxylic acids is 1. The number of nitrogens with one attached hydrogen (secondary N) is 1. The highest BCUT2D eigenvalue weighted by molar-refractivity contribution is 5.80. The van der Waals surface area contributed by atoms with Crippen LogP contribution in [0.15, 0.2) is 0 Å². The van der Waals surface area contributed by atoms with Gasteiger partial charge >= 0.3 is 5.97 Å². The van der Waals surface area contributed by atoms with E-state index < -0.39 is 11.4 Å². The highest BCUT2D eigenvalue weighted by Crippen LogP contribution is 2.30. The molecule has 2 unspecified atom stereocenters. The van der Waals surface area contributed by atoms with Gasteiger partial charge in [-0.1, -0.05) is 6.92 Å². The number of hydrogen-bond acceptors (Lipinski definition) is 3. The van der Waals surface area contributed by atoms with Gasteiger partial charge in [0.05, 0.1) is 5.41 Å². The topological polar surface area (TPSA) is 69.6 Å². The first-order valence-electron chi connectivity index (χ1n) is 6.13. The number of amides is 1. The zero-order chi connectivity index (χ0) is 13.1. The second-order valence-corrected chi connectivity index (χ2v) is 5.09. The van der Waals surface area contributed by atoms with Gasteiger partial charge in [0.2, 0.25) is 5.91 Å². The van der Waals surface area contributed by atoms with Crippen molar-refractivity contribution in [3.05, 3.63) is 0 Å². The third-order valence-corrected chi connectivity index (χ3v) is 3.38. The van der Waals surface area contributed by atoms with Gasteiger partial charge in [0.25, 0.3) is 0 Å². The summed E-state index contributed by atoms with van der Waals surface area (Å²) < 4.78 is 0. The summed E-state index contributed by atoms with van der Waals surface area (Å²) in [6, 6.07) is 0.143. The van der Waals surface area contributed by atoms with Crippen molar-refractivity contribution < 1.29 is 14.7 Å². The van der Waals surface area contributed by atoms with Crippen LogP contribution < -0.4 is 5.32 Å². The summed E-state index contributed by atoms with van der Waals surface area (Å²) in [5.74, 6) is -0.768. The summed E-state index contributed by atoms with van der Waals surface area (Å²) in [6.45, 7) is 7.39. The fourth-order valence-corrected chi connectivity index (χ4v) is 2.16. The van der Waals surface area contributed by atoms with E-state index in [9.17, 15) is 9.59 Å². The molecule has 1 amide bonds. The van der Waals surface area contributed by atoms with Gasteiger partial charge in [0.15, 0.2) is 0 Å². The predicted molar refractivity (Wildman–Crippen MR) is 64.7 cm³/mol. The van der Waals surface area contributed by atoms with Crippen LogP contribution in [0.1, 0.15) is 33.6 Å². The second kappa shape index (κ2) is 5.49. The molecule has 1 aliphatic heterocycles. The average molecular weight is 242 g/mol. The van der Waals surface area contributed by atoms with Crippen molar-refractivity contribution in [2.75, 3.05) is 19.6 Å². The van der Waals surface area contributed by atoms with Gasteiger partial charge in [0, 0.05) is 25.6 Å². The van der Waals surface area contributed by atoms with Crippen LogP contribution in [0.25, 0.3) is 0 Å². The summed E-state index contributed by atoms with van der Waals surface area (Å²) >= 11 is 0. The molecule has 1 aliphatic rings. The molecule has 2 atom stereocenters. The molecule has 1 fully saturated rings. The number of rotatable bonds is 5. The molecule has 98 valence electrons. The van der Waals surface area contributed by atoms with Crippen molar-refractivity contribution in [1.29, 1.82) is 0 Å². The maximum absolute atomic E-state index is 11.9. The van der Waals surface area contributed by atoms with Gasteiger partial charge < -0.3 is 15.3 Å². The number of likely N-dealkylation sites (tertiary alicyclic amines) is 1. The Morgan fingerprint density at radius 1 is 1.53 bits per heavy atom. The van der Waals surface area contributed by atoms with Crippen molar-refractivity contribution in [2.45, 2.75) is 39.7 Å². The number of carboxylic acid groups (broad SMARTS) is 1. The number of carboxylic acids is 1. The minimum absolute atomic E-state index is 0.0448.